The van der Waals surface area contributed by atoms with Gasteiger partial charge in [-0.15, -0.1) is 0 Å². The van der Waals surface area contributed by atoms with E-state index in [9.17, 15) is 9.18 Å². The van der Waals surface area contributed by atoms with Gasteiger partial charge >= 0.3 is 0 Å². The van der Waals surface area contributed by atoms with Crippen molar-refractivity contribution in [2.24, 2.45) is 5.92 Å². The van der Waals surface area contributed by atoms with E-state index in [1.54, 1.807) is 12.1 Å². The van der Waals surface area contributed by atoms with Gasteiger partial charge in [0.2, 0.25) is 5.91 Å². The molecule has 4 heteroatoms. The number of benzene rings is 1. The zero-order valence-electron chi connectivity index (χ0n) is 12.7. The van der Waals surface area contributed by atoms with Gasteiger partial charge in [-0.1, -0.05) is 12.2 Å². The highest BCUT2D eigenvalue weighted by molar-refractivity contribution is 5.76. The molecule has 1 amide bonds. The van der Waals surface area contributed by atoms with E-state index in [4.69, 9.17) is 4.74 Å². The van der Waals surface area contributed by atoms with Gasteiger partial charge in [0.1, 0.15) is 17.7 Å². The Kier molecular flexibility index (Phi) is 4.76. The van der Waals surface area contributed by atoms with Crippen LogP contribution in [0.25, 0.3) is 0 Å². The summed E-state index contributed by atoms with van der Waals surface area (Å²) in [6, 6.07) is 6.12. The molecule has 0 bridgehead atoms. The maximum Gasteiger partial charge on any atom is 0.223 e. The lowest BCUT2D eigenvalue weighted by atomic mass is 10.0. The van der Waals surface area contributed by atoms with Crippen molar-refractivity contribution < 1.29 is 13.9 Å². The number of rotatable bonds is 4. The summed E-state index contributed by atoms with van der Waals surface area (Å²) in [4.78, 5) is 14.2. The topological polar surface area (TPSA) is 29.5 Å². The summed E-state index contributed by atoms with van der Waals surface area (Å²) in [6.07, 6.45) is 8.97. The van der Waals surface area contributed by atoms with Crippen LogP contribution in [0, 0.1) is 11.7 Å². The quantitative estimate of drug-likeness (QED) is 0.796. The summed E-state index contributed by atoms with van der Waals surface area (Å²) in [7, 11) is 0. The summed E-state index contributed by atoms with van der Waals surface area (Å²) >= 11 is 0. The molecule has 1 aliphatic heterocycles. The fourth-order valence-corrected chi connectivity index (χ4v) is 3.15. The molecule has 1 fully saturated rings. The highest BCUT2D eigenvalue weighted by Gasteiger charge is 2.25. The molecule has 1 aromatic rings. The number of allylic oxidation sites excluding steroid dienone is 2. The number of nitrogens with zero attached hydrogens (tertiary/aromatic N) is 1. The lowest BCUT2D eigenvalue weighted by Crippen LogP contribution is -2.42. The van der Waals surface area contributed by atoms with Crippen LogP contribution in [0.2, 0.25) is 0 Å². The van der Waals surface area contributed by atoms with Crippen molar-refractivity contribution in [2.45, 2.75) is 38.2 Å². The number of halogens is 1. The fraction of sp³-hybridized carbons (Fsp3) is 0.500. The van der Waals surface area contributed by atoms with Crippen LogP contribution in [-0.2, 0) is 4.79 Å². The van der Waals surface area contributed by atoms with Crippen LogP contribution in [0.3, 0.4) is 0 Å². The second-order valence-electron chi connectivity index (χ2n) is 6.12. The van der Waals surface area contributed by atoms with Crippen LogP contribution >= 0.6 is 0 Å². The number of carbonyl (C=O) groups is 1. The SMILES string of the molecule is O=C(C[C@H]1C=CCC1)N1CCC(Oc2ccc(F)cc2)CC1. The molecule has 0 aromatic heterocycles. The molecular formula is C18H22FNO2. The van der Waals surface area contributed by atoms with E-state index in [1.165, 1.54) is 12.1 Å². The van der Waals surface area contributed by atoms with Gasteiger partial charge in [-0.25, -0.2) is 4.39 Å². The van der Waals surface area contributed by atoms with Crippen molar-refractivity contribution in [2.75, 3.05) is 13.1 Å². The maximum absolute atomic E-state index is 12.9. The Morgan fingerprint density at radius 2 is 1.91 bits per heavy atom. The molecule has 3 rings (SSSR count). The number of piperidine rings is 1. The highest BCUT2D eigenvalue weighted by atomic mass is 19.1. The van der Waals surface area contributed by atoms with Crippen LogP contribution < -0.4 is 4.74 Å². The van der Waals surface area contributed by atoms with Crippen molar-refractivity contribution in [1.29, 1.82) is 0 Å². The van der Waals surface area contributed by atoms with Gasteiger partial charge in [0.25, 0.3) is 0 Å². The van der Waals surface area contributed by atoms with E-state index in [2.05, 4.69) is 12.2 Å². The predicted octanol–water partition coefficient (Wildman–Crippen LogP) is 3.55. The van der Waals surface area contributed by atoms with E-state index >= 15 is 0 Å². The number of ether oxygens (including phenoxy) is 1. The monoisotopic (exact) mass is 303 g/mol. The average Bonchev–Trinajstić information content (AvgIpc) is 3.03. The van der Waals surface area contributed by atoms with Gasteiger partial charge in [0, 0.05) is 32.4 Å². The molecule has 0 spiro atoms. The molecule has 1 heterocycles. The van der Waals surface area contributed by atoms with Crippen LogP contribution in [0.4, 0.5) is 4.39 Å². The Balaban J connectivity index is 1.44. The Morgan fingerprint density at radius 3 is 2.55 bits per heavy atom. The molecule has 118 valence electrons. The number of hydrogen-bond donors (Lipinski definition) is 0. The molecule has 1 saturated heterocycles. The Hall–Kier alpha value is -1.84. The molecular weight excluding hydrogens is 281 g/mol. The van der Waals surface area contributed by atoms with E-state index < -0.39 is 0 Å². The van der Waals surface area contributed by atoms with E-state index in [-0.39, 0.29) is 17.8 Å². The molecule has 0 saturated carbocycles. The first-order valence-corrected chi connectivity index (χ1v) is 8.07. The average molecular weight is 303 g/mol. The van der Waals surface area contributed by atoms with Gasteiger partial charge in [-0.05, 0) is 43.0 Å². The Labute approximate surface area is 130 Å². The van der Waals surface area contributed by atoms with E-state index in [0.717, 1.165) is 38.8 Å². The third-order valence-corrected chi connectivity index (χ3v) is 4.46. The van der Waals surface area contributed by atoms with Crippen molar-refractivity contribution in [3.63, 3.8) is 0 Å². The maximum atomic E-state index is 12.9. The number of amides is 1. The van der Waals surface area contributed by atoms with Gasteiger partial charge in [-0.2, -0.15) is 0 Å². The third kappa shape index (κ3) is 3.87. The first kappa shape index (κ1) is 15.1. The Morgan fingerprint density at radius 1 is 1.18 bits per heavy atom. The zero-order valence-corrected chi connectivity index (χ0v) is 12.7. The van der Waals surface area contributed by atoms with E-state index in [1.807, 2.05) is 4.90 Å². The molecule has 22 heavy (non-hydrogen) atoms. The second kappa shape index (κ2) is 6.95. The smallest absolute Gasteiger partial charge is 0.223 e. The normalized spacial score (nSPS) is 22.0. The van der Waals surface area contributed by atoms with Crippen molar-refractivity contribution in [3.8, 4) is 5.75 Å². The number of likely N-dealkylation sites (tertiary alicyclic amines) is 1. The van der Waals surface area contributed by atoms with Crippen LogP contribution in [0.5, 0.6) is 5.75 Å². The molecule has 1 aromatic carbocycles. The highest BCUT2D eigenvalue weighted by Crippen LogP contribution is 2.23. The standard InChI is InChI=1S/C18H22FNO2/c19-15-5-7-16(8-6-15)22-17-9-11-20(12-10-17)18(21)13-14-3-1-2-4-14/h1,3,5-8,14,17H,2,4,9-13H2/t14-/m0/s1. The first-order chi connectivity index (χ1) is 10.7. The summed E-state index contributed by atoms with van der Waals surface area (Å²) in [6.45, 7) is 1.50. The molecule has 2 aliphatic rings. The van der Waals surface area contributed by atoms with Crippen LogP contribution in [0.15, 0.2) is 36.4 Å². The van der Waals surface area contributed by atoms with Crippen molar-refractivity contribution in [3.05, 3.63) is 42.2 Å². The molecule has 3 nitrogen and oxygen atoms in total. The van der Waals surface area contributed by atoms with Crippen LogP contribution in [-0.4, -0.2) is 30.0 Å². The minimum absolute atomic E-state index is 0.112. The molecule has 1 aliphatic carbocycles. The molecule has 0 N–H and O–H groups in total. The van der Waals surface area contributed by atoms with E-state index in [0.29, 0.717) is 18.1 Å². The largest absolute Gasteiger partial charge is 0.490 e. The van der Waals surface area contributed by atoms with Gasteiger partial charge in [0.15, 0.2) is 0 Å². The summed E-state index contributed by atoms with van der Waals surface area (Å²) in [5, 5.41) is 0. The molecule has 1 atom stereocenters. The van der Waals surface area contributed by atoms with Crippen LogP contribution in [0.1, 0.15) is 32.1 Å². The minimum Gasteiger partial charge on any atom is -0.490 e. The van der Waals surface area contributed by atoms with Crippen molar-refractivity contribution in [1.82, 2.24) is 4.90 Å². The summed E-state index contributed by atoms with van der Waals surface area (Å²) < 4.78 is 18.7. The third-order valence-electron chi connectivity index (χ3n) is 4.46. The van der Waals surface area contributed by atoms with Gasteiger partial charge < -0.3 is 9.64 Å². The predicted molar refractivity (Wildman–Crippen MR) is 83.1 cm³/mol. The molecule has 0 radical (unpaired) electrons. The number of carbonyl (C=O) groups excluding carboxylic acids is 1. The van der Waals surface area contributed by atoms with Crippen molar-refractivity contribution >= 4 is 5.91 Å². The lowest BCUT2D eigenvalue weighted by molar-refractivity contribution is -0.133. The fourth-order valence-electron chi connectivity index (χ4n) is 3.15. The first-order valence-electron chi connectivity index (χ1n) is 8.07. The summed E-state index contributed by atoms with van der Waals surface area (Å²) in [5.41, 5.74) is 0. The zero-order chi connectivity index (χ0) is 15.4. The lowest BCUT2D eigenvalue weighted by Gasteiger charge is -2.32. The summed E-state index contributed by atoms with van der Waals surface area (Å²) in [5.74, 6) is 1.13. The Bertz CT molecular complexity index is 533. The number of hydrogen-bond acceptors (Lipinski definition) is 2. The second-order valence-corrected chi connectivity index (χ2v) is 6.12. The minimum atomic E-state index is -0.256. The molecule has 0 unspecified atom stereocenters. The van der Waals surface area contributed by atoms with Gasteiger partial charge in [0.05, 0.1) is 0 Å². The van der Waals surface area contributed by atoms with Gasteiger partial charge in [-0.3, -0.25) is 4.79 Å².